The summed E-state index contributed by atoms with van der Waals surface area (Å²) < 4.78 is 92.3. The van der Waals surface area contributed by atoms with Gasteiger partial charge in [0, 0.05) is 38.3 Å². The Morgan fingerprint density at radius 1 is 0.898 bits per heavy atom. The monoisotopic (exact) mass is 707 g/mol. The number of nitrogens with zero attached hydrogens (tertiary/aromatic N) is 2. The summed E-state index contributed by atoms with van der Waals surface area (Å²) in [5.41, 5.74) is 3.73. The van der Waals surface area contributed by atoms with Crippen molar-refractivity contribution < 1.29 is 40.4 Å². The number of nitrogens with two attached hydrogens (primary N) is 1. The first-order chi connectivity index (χ1) is 23.3. The topological polar surface area (TPSA) is 106 Å². The van der Waals surface area contributed by atoms with Crippen molar-refractivity contribution in [3.8, 4) is 11.3 Å². The highest BCUT2D eigenvalue weighted by molar-refractivity contribution is 6.33. The highest BCUT2D eigenvalue weighted by Gasteiger charge is 2.37. The Labute approximate surface area is 282 Å². The van der Waals surface area contributed by atoms with Crippen molar-refractivity contribution >= 4 is 23.1 Å². The van der Waals surface area contributed by atoms with Crippen molar-refractivity contribution in [2.24, 2.45) is 5.73 Å². The molecule has 0 aliphatic carbocycles. The van der Waals surface area contributed by atoms with E-state index in [2.05, 4.69) is 20.7 Å². The van der Waals surface area contributed by atoms with E-state index in [-0.39, 0.29) is 51.6 Å². The zero-order chi connectivity index (χ0) is 35.2. The van der Waals surface area contributed by atoms with Gasteiger partial charge < -0.3 is 25.6 Å². The Morgan fingerprint density at radius 3 is 2.16 bits per heavy atom. The highest BCUT2D eigenvalue weighted by Crippen LogP contribution is 2.37. The van der Waals surface area contributed by atoms with Gasteiger partial charge in [-0.3, -0.25) is 9.69 Å². The molecule has 260 valence electrons. The Hall–Kier alpha value is -4.37. The van der Waals surface area contributed by atoms with E-state index < -0.39 is 35.8 Å². The van der Waals surface area contributed by atoms with Gasteiger partial charge in [0.1, 0.15) is 11.4 Å². The van der Waals surface area contributed by atoms with Crippen LogP contribution < -0.4 is 16.4 Å². The number of allylic oxidation sites excluding steroid dienone is 1. The highest BCUT2D eigenvalue weighted by atomic mass is 35.5. The summed E-state index contributed by atoms with van der Waals surface area (Å²) in [6, 6.07) is 16.1. The van der Waals surface area contributed by atoms with E-state index >= 15 is 0 Å². The van der Waals surface area contributed by atoms with E-state index in [1.54, 1.807) is 54.6 Å². The first kappa shape index (κ1) is 35.9. The van der Waals surface area contributed by atoms with Crippen LogP contribution in [0.5, 0.6) is 0 Å². The summed E-state index contributed by atoms with van der Waals surface area (Å²) in [5, 5.41) is 10.5. The molecule has 1 aliphatic rings. The van der Waals surface area contributed by atoms with Gasteiger partial charge in [-0.05, 0) is 35.4 Å². The van der Waals surface area contributed by atoms with Crippen molar-refractivity contribution in [3.05, 3.63) is 117 Å². The third-order valence-electron chi connectivity index (χ3n) is 7.81. The Balaban J connectivity index is 1.50. The van der Waals surface area contributed by atoms with Crippen LogP contribution in [0.4, 0.5) is 26.3 Å². The third kappa shape index (κ3) is 9.01. The maximum atomic E-state index is 14.3. The fraction of sp³-hybridized carbons (Fsp3) is 0.294. The van der Waals surface area contributed by atoms with E-state index in [9.17, 15) is 31.1 Å². The van der Waals surface area contributed by atoms with E-state index in [1.165, 1.54) is 0 Å². The number of carbonyl (C=O) groups is 1. The number of nitrogens with one attached hydrogen (secondary N) is 2. The molecule has 49 heavy (non-hydrogen) atoms. The number of hydrogen-bond acceptors (Lipinski definition) is 8. The van der Waals surface area contributed by atoms with Gasteiger partial charge in [-0.2, -0.15) is 26.3 Å². The Bertz CT molecular complexity index is 1750. The van der Waals surface area contributed by atoms with Gasteiger partial charge in [0.2, 0.25) is 5.78 Å². The average Bonchev–Trinajstić information content (AvgIpc) is 3.50. The predicted molar refractivity (Wildman–Crippen MR) is 171 cm³/mol. The number of alkyl halides is 6. The lowest BCUT2D eigenvalue weighted by Crippen LogP contribution is -2.40. The number of halogens is 7. The molecular formula is C34H32ClF6N5O3. The number of hydrogen-bond donors (Lipinski definition) is 3. The Morgan fingerprint density at radius 2 is 1.53 bits per heavy atom. The molecule has 4 N–H and O–H groups in total. The molecule has 3 aromatic carbocycles. The fourth-order valence-electron chi connectivity index (χ4n) is 5.30. The van der Waals surface area contributed by atoms with Crippen LogP contribution in [0.1, 0.15) is 38.4 Å². The van der Waals surface area contributed by atoms with Crippen LogP contribution in [0, 0.1) is 0 Å². The molecule has 0 amide bonds. The van der Waals surface area contributed by atoms with Crippen LogP contribution >= 0.6 is 11.6 Å². The van der Waals surface area contributed by atoms with E-state index in [0.29, 0.717) is 49.6 Å². The van der Waals surface area contributed by atoms with E-state index in [1.807, 2.05) is 0 Å². The second kappa shape index (κ2) is 15.5. The molecule has 1 aromatic heterocycles. The van der Waals surface area contributed by atoms with Crippen LogP contribution in [0.3, 0.4) is 0 Å². The number of Topliss-reactive ketones (excluding diaryl/α,β-unsaturated/α-hetero) is 1. The normalized spacial score (nSPS) is 14.8. The molecule has 0 bridgehead atoms. The van der Waals surface area contributed by atoms with E-state index in [4.69, 9.17) is 26.6 Å². The minimum Gasteiger partial charge on any atom is -0.394 e. The van der Waals surface area contributed by atoms with Crippen LogP contribution in [0.2, 0.25) is 5.02 Å². The summed E-state index contributed by atoms with van der Waals surface area (Å²) in [5.74, 6) is -0.586. The van der Waals surface area contributed by atoms with Gasteiger partial charge in [-0.1, -0.05) is 65.3 Å². The van der Waals surface area contributed by atoms with Crippen LogP contribution in [-0.2, 0) is 30.2 Å². The molecule has 0 unspecified atom stereocenters. The molecule has 1 fully saturated rings. The summed E-state index contributed by atoms with van der Waals surface area (Å²) in [7, 11) is 0. The summed E-state index contributed by atoms with van der Waals surface area (Å²) in [6.45, 7) is 3.70. The predicted octanol–water partition coefficient (Wildman–Crippen LogP) is 6.75. The molecule has 4 aromatic rings. The zero-order valence-electron chi connectivity index (χ0n) is 25.9. The molecule has 1 saturated heterocycles. The molecule has 5 rings (SSSR count). The maximum absolute atomic E-state index is 14.3. The lowest BCUT2D eigenvalue weighted by atomic mass is 9.98. The van der Waals surface area contributed by atoms with Gasteiger partial charge in [0.15, 0.2) is 5.76 Å². The largest absolute Gasteiger partial charge is 0.416 e. The van der Waals surface area contributed by atoms with Crippen molar-refractivity contribution in [2.75, 3.05) is 39.4 Å². The van der Waals surface area contributed by atoms with Gasteiger partial charge in [-0.25, -0.2) is 0 Å². The van der Waals surface area contributed by atoms with Crippen LogP contribution in [0.25, 0.3) is 17.0 Å². The second-order valence-electron chi connectivity index (χ2n) is 11.2. The fourth-order valence-corrected chi connectivity index (χ4v) is 5.52. The van der Waals surface area contributed by atoms with Crippen molar-refractivity contribution in [3.63, 3.8) is 0 Å². The number of morpholine rings is 1. The smallest absolute Gasteiger partial charge is 0.394 e. The molecule has 0 radical (unpaired) electrons. The van der Waals surface area contributed by atoms with Crippen LogP contribution in [0.15, 0.2) is 83.0 Å². The molecule has 0 saturated carbocycles. The first-order valence-electron chi connectivity index (χ1n) is 15.2. The van der Waals surface area contributed by atoms with Gasteiger partial charge in [0.05, 0.1) is 47.2 Å². The van der Waals surface area contributed by atoms with Crippen molar-refractivity contribution in [1.29, 1.82) is 0 Å². The number of benzene rings is 3. The molecule has 0 atom stereocenters. The molecule has 0 spiro atoms. The molecule has 15 heteroatoms. The summed E-state index contributed by atoms with van der Waals surface area (Å²) in [4.78, 5) is 16.5. The standard InChI is InChI=1S/C34H32ClF6N5O3/c35-26-9-5-4-8-25(26)31-28(27(49-45-31)20-43-10-11-46-12-14-48-15-13-46)32(47)29(42)30(22-6-2-1-3-7-22)44-19-21-16-23(33(36,37)38)18-24(17-21)34(39,40)41/h1-9,16-18,43-44H,10-15,19-20,42H2/b30-29-. The SMILES string of the molecule is N/C(C(=O)c1c(-c2ccccc2Cl)noc1CNCCN1CCOCC1)=C(\NCc1cc(C(F)(F)F)cc(C(F)(F)F)c1)c1ccccc1. The van der Waals surface area contributed by atoms with Crippen molar-refractivity contribution in [2.45, 2.75) is 25.4 Å². The zero-order valence-corrected chi connectivity index (χ0v) is 26.7. The second-order valence-corrected chi connectivity index (χ2v) is 11.6. The van der Waals surface area contributed by atoms with Gasteiger partial charge in [-0.15, -0.1) is 0 Å². The number of carbonyl (C=O) groups excluding carboxylic acids is 1. The third-order valence-corrected chi connectivity index (χ3v) is 8.14. The number of ketones is 1. The summed E-state index contributed by atoms with van der Waals surface area (Å²) >= 11 is 6.46. The Kier molecular flexibility index (Phi) is 11.3. The van der Waals surface area contributed by atoms with Crippen LogP contribution in [-0.4, -0.2) is 55.2 Å². The minimum absolute atomic E-state index is 0.00173. The quantitative estimate of drug-likeness (QED) is 0.0643. The summed E-state index contributed by atoms with van der Waals surface area (Å²) in [6.07, 6.45) is -10.1. The van der Waals surface area contributed by atoms with Gasteiger partial charge >= 0.3 is 12.4 Å². The molecule has 2 heterocycles. The number of rotatable bonds is 12. The average molecular weight is 708 g/mol. The van der Waals surface area contributed by atoms with Crippen molar-refractivity contribution in [1.82, 2.24) is 20.7 Å². The maximum Gasteiger partial charge on any atom is 0.416 e. The molecule has 8 nitrogen and oxygen atoms in total. The lowest BCUT2D eigenvalue weighted by molar-refractivity contribution is -0.143. The number of ether oxygens (including phenoxy) is 1. The minimum atomic E-state index is -5.03. The molecular weight excluding hydrogens is 676 g/mol. The number of aromatic nitrogens is 1. The lowest BCUT2D eigenvalue weighted by Gasteiger charge is -2.26. The molecule has 1 aliphatic heterocycles. The first-order valence-corrected chi connectivity index (χ1v) is 15.6. The van der Waals surface area contributed by atoms with E-state index in [0.717, 1.165) is 13.1 Å². The van der Waals surface area contributed by atoms with Gasteiger partial charge in [0.25, 0.3) is 0 Å².